The molecule has 0 radical (unpaired) electrons. The molecule has 0 saturated heterocycles. The van der Waals surface area contributed by atoms with E-state index < -0.39 is 45.9 Å². The molecule has 1 N–H and O–H groups in total. The molecule has 0 aromatic carbocycles. The zero-order chi connectivity index (χ0) is 20.0. The number of esters is 1. The van der Waals surface area contributed by atoms with Crippen LogP contribution in [0, 0.1) is 11.8 Å². The predicted molar refractivity (Wildman–Crippen MR) is 94.3 cm³/mol. The van der Waals surface area contributed by atoms with Crippen molar-refractivity contribution < 1.29 is 26.9 Å². The largest absolute Gasteiger partial charge is 0.462 e. The lowest BCUT2D eigenvalue weighted by molar-refractivity contribution is -0.182. The summed E-state index contributed by atoms with van der Waals surface area (Å²) < 4.78 is 59.5. The number of halogens is 3. The summed E-state index contributed by atoms with van der Waals surface area (Å²) in [6.45, 7) is 11.9. The molecule has 0 aliphatic carbocycles. The van der Waals surface area contributed by atoms with Crippen LogP contribution in [0.5, 0.6) is 0 Å². The first kappa shape index (κ1) is 24.4. The molecule has 4 nitrogen and oxygen atoms in total. The second-order valence-corrected chi connectivity index (χ2v) is 9.75. The summed E-state index contributed by atoms with van der Waals surface area (Å²) in [4.78, 5) is 12.4. The van der Waals surface area contributed by atoms with Crippen LogP contribution in [0.1, 0.15) is 67.7 Å². The summed E-state index contributed by atoms with van der Waals surface area (Å²) in [6, 6.07) is -2.21. The number of carbonyl (C=O) groups excluding carboxylic acids is 1. The molecule has 0 spiro atoms. The minimum absolute atomic E-state index is 0.0193. The van der Waals surface area contributed by atoms with Crippen molar-refractivity contribution >= 4 is 17.0 Å². The van der Waals surface area contributed by atoms with Crippen molar-refractivity contribution in [3.63, 3.8) is 0 Å². The molecule has 0 rings (SSSR count). The van der Waals surface area contributed by atoms with Gasteiger partial charge in [0.25, 0.3) is 0 Å². The quantitative estimate of drug-likeness (QED) is 0.598. The zero-order valence-corrected chi connectivity index (χ0v) is 17.0. The Morgan fingerprint density at radius 3 is 2.00 bits per heavy atom. The molecular formula is C17H32F3NO3S. The summed E-state index contributed by atoms with van der Waals surface area (Å²) in [5, 5.41) is 0. The van der Waals surface area contributed by atoms with Crippen LogP contribution in [-0.4, -0.2) is 33.2 Å². The Labute approximate surface area is 151 Å². The monoisotopic (exact) mass is 387 g/mol. The van der Waals surface area contributed by atoms with Gasteiger partial charge in [0.15, 0.2) is 0 Å². The highest BCUT2D eigenvalue weighted by Crippen LogP contribution is 2.31. The van der Waals surface area contributed by atoms with Gasteiger partial charge in [0.05, 0.1) is 27.8 Å². The third-order valence-corrected chi connectivity index (χ3v) is 5.38. The molecule has 1 unspecified atom stereocenters. The molecule has 0 heterocycles. The molecule has 0 aliphatic rings. The number of alkyl halides is 3. The lowest BCUT2D eigenvalue weighted by Gasteiger charge is -2.31. The maximum absolute atomic E-state index is 13.6. The number of nitrogens with one attached hydrogen (secondary N) is 1. The average Bonchev–Trinajstić information content (AvgIpc) is 2.43. The van der Waals surface area contributed by atoms with Gasteiger partial charge in [-0.2, -0.15) is 13.2 Å². The lowest BCUT2D eigenvalue weighted by atomic mass is 9.91. The number of ether oxygens (including phenoxy) is 1. The highest BCUT2D eigenvalue weighted by molar-refractivity contribution is 7.84. The Kier molecular flexibility index (Phi) is 9.65. The standard InChI is InChI=1S/C17H32F3NO3S/c1-8-12(4)24-15(22)13(10-9-11(2)3)14(17(18,19)20)21-25(23)16(5,6)7/h11-14,21H,8-10H2,1-7H3/t12?,13-,14-,25-/m1/s1. The Bertz CT molecular complexity index is 447. The molecule has 0 bridgehead atoms. The normalized spacial score (nSPS) is 17.9. The number of rotatable bonds is 9. The van der Waals surface area contributed by atoms with Crippen molar-refractivity contribution in [1.82, 2.24) is 4.72 Å². The van der Waals surface area contributed by atoms with Crippen molar-refractivity contribution in [3.8, 4) is 0 Å². The summed E-state index contributed by atoms with van der Waals surface area (Å²) >= 11 is 0. The van der Waals surface area contributed by atoms with Gasteiger partial charge in [0.2, 0.25) is 0 Å². The van der Waals surface area contributed by atoms with Crippen molar-refractivity contribution in [3.05, 3.63) is 0 Å². The van der Waals surface area contributed by atoms with Crippen LogP contribution >= 0.6 is 0 Å². The summed E-state index contributed by atoms with van der Waals surface area (Å²) in [5.74, 6) is -2.18. The van der Waals surface area contributed by atoms with Gasteiger partial charge in [-0.05, 0) is 46.5 Å². The third-order valence-electron chi connectivity index (χ3n) is 3.80. The van der Waals surface area contributed by atoms with Crippen LogP contribution in [0.2, 0.25) is 0 Å². The Morgan fingerprint density at radius 1 is 1.12 bits per heavy atom. The second-order valence-electron chi connectivity index (χ2n) is 7.75. The molecule has 4 atom stereocenters. The van der Waals surface area contributed by atoms with Crippen molar-refractivity contribution in [2.75, 3.05) is 0 Å². The molecule has 0 aliphatic heterocycles. The van der Waals surface area contributed by atoms with Crippen LogP contribution in [-0.2, 0) is 20.5 Å². The van der Waals surface area contributed by atoms with Gasteiger partial charge in [-0.3, -0.25) is 4.79 Å². The highest BCUT2D eigenvalue weighted by Gasteiger charge is 2.49. The lowest BCUT2D eigenvalue weighted by Crippen LogP contribution is -2.54. The molecule has 150 valence electrons. The molecule has 0 amide bonds. The first-order chi connectivity index (χ1) is 11.2. The SMILES string of the molecule is CCC(C)OC(=O)[C@H](CCC(C)C)[C@@H](N[S@](=O)C(C)(C)C)C(F)(F)F. The van der Waals surface area contributed by atoms with Gasteiger partial charge in [0, 0.05) is 0 Å². The van der Waals surface area contributed by atoms with Crippen molar-refractivity contribution in [2.45, 2.75) is 90.8 Å². The Morgan fingerprint density at radius 2 is 1.64 bits per heavy atom. The van der Waals surface area contributed by atoms with E-state index in [2.05, 4.69) is 4.72 Å². The minimum atomic E-state index is -4.71. The molecule has 0 aromatic heterocycles. The van der Waals surface area contributed by atoms with E-state index >= 15 is 0 Å². The van der Waals surface area contributed by atoms with E-state index in [1.807, 2.05) is 13.8 Å². The van der Waals surface area contributed by atoms with E-state index in [1.165, 1.54) is 0 Å². The van der Waals surface area contributed by atoms with Gasteiger partial charge in [0.1, 0.15) is 6.04 Å². The third kappa shape index (κ3) is 9.03. The van der Waals surface area contributed by atoms with E-state index in [0.717, 1.165) is 0 Å². The van der Waals surface area contributed by atoms with Gasteiger partial charge in [-0.1, -0.05) is 27.2 Å². The smallest absolute Gasteiger partial charge is 0.405 e. The van der Waals surface area contributed by atoms with E-state index in [9.17, 15) is 22.2 Å². The average molecular weight is 388 g/mol. The predicted octanol–water partition coefficient (Wildman–Crippen LogP) is 4.36. The van der Waals surface area contributed by atoms with Crippen LogP contribution in [0.4, 0.5) is 13.2 Å². The second kappa shape index (κ2) is 9.90. The van der Waals surface area contributed by atoms with Crippen LogP contribution in [0.3, 0.4) is 0 Å². The van der Waals surface area contributed by atoms with E-state index in [0.29, 0.717) is 12.8 Å². The maximum atomic E-state index is 13.6. The first-order valence-corrected chi connectivity index (χ1v) is 9.80. The van der Waals surface area contributed by atoms with Gasteiger partial charge in [-0.25, -0.2) is 8.93 Å². The van der Waals surface area contributed by atoms with E-state index in [4.69, 9.17) is 4.74 Å². The summed E-state index contributed by atoms with van der Waals surface area (Å²) in [5.41, 5.74) is 0. The zero-order valence-electron chi connectivity index (χ0n) is 16.2. The minimum Gasteiger partial charge on any atom is -0.462 e. The Hall–Kier alpha value is -0.630. The molecule has 0 saturated carbocycles. The van der Waals surface area contributed by atoms with Crippen molar-refractivity contribution in [2.24, 2.45) is 11.8 Å². The molecule has 25 heavy (non-hydrogen) atoms. The van der Waals surface area contributed by atoms with Crippen LogP contribution in [0.15, 0.2) is 0 Å². The summed E-state index contributed by atoms with van der Waals surface area (Å²) in [7, 11) is -1.96. The fourth-order valence-electron chi connectivity index (χ4n) is 1.97. The van der Waals surface area contributed by atoms with E-state index in [1.54, 1.807) is 34.6 Å². The summed E-state index contributed by atoms with van der Waals surface area (Å²) in [6.07, 6.45) is -4.20. The number of carbonyl (C=O) groups is 1. The molecule has 8 heteroatoms. The first-order valence-electron chi connectivity index (χ1n) is 8.65. The number of hydrogen-bond acceptors (Lipinski definition) is 3. The van der Waals surface area contributed by atoms with Gasteiger partial charge >= 0.3 is 12.1 Å². The van der Waals surface area contributed by atoms with Gasteiger partial charge < -0.3 is 4.74 Å². The molecule has 0 aromatic rings. The van der Waals surface area contributed by atoms with E-state index in [-0.39, 0.29) is 12.3 Å². The maximum Gasteiger partial charge on any atom is 0.405 e. The van der Waals surface area contributed by atoms with Crippen molar-refractivity contribution in [1.29, 1.82) is 0 Å². The number of hydrogen-bond donors (Lipinski definition) is 1. The van der Waals surface area contributed by atoms with Gasteiger partial charge in [-0.15, -0.1) is 0 Å². The fourth-order valence-corrected chi connectivity index (χ4v) is 2.85. The van der Waals surface area contributed by atoms with Crippen LogP contribution in [0.25, 0.3) is 0 Å². The fraction of sp³-hybridized carbons (Fsp3) is 0.941. The molecule has 0 fully saturated rings. The Balaban J connectivity index is 5.58. The van der Waals surface area contributed by atoms with Crippen LogP contribution < -0.4 is 4.72 Å². The molecular weight excluding hydrogens is 355 g/mol. The highest BCUT2D eigenvalue weighted by atomic mass is 32.2. The topological polar surface area (TPSA) is 55.4 Å².